The van der Waals surface area contributed by atoms with Gasteiger partial charge < -0.3 is 15.4 Å². The van der Waals surface area contributed by atoms with Gasteiger partial charge in [-0.2, -0.15) is 0 Å². The van der Waals surface area contributed by atoms with E-state index in [1.165, 1.54) is 0 Å². The van der Waals surface area contributed by atoms with Crippen molar-refractivity contribution in [3.63, 3.8) is 0 Å². The molecule has 1 saturated carbocycles. The van der Waals surface area contributed by atoms with Crippen LogP contribution in [0, 0.1) is 11.3 Å². The van der Waals surface area contributed by atoms with Crippen LogP contribution in [0.2, 0.25) is 0 Å². The van der Waals surface area contributed by atoms with Gasteiger partial charge in [-0.3, -0.25) is 4.79 Å². The van der Waals surface area contributed by atoms with Crippen molar-refractivity contribution in [1.29, 1.82) is 0 Å². The molecular weight excluding hydrogens is 240 g/mol. The number of ether oxygens (including phenoxy) is 1. The van der Waals surface area contributed by atoms with Crippen molar-refractivity contribution in [3.8, 4) is 0 Å². The predicted octanol–water partition coefficient (Wildman–Crippen LogP) is 1.69. The summed E-state index contributed by atoms with van der Waals surface area (Å²) in [5.74, 6) is 0.737. The highest BCUT2D eigenvalue weighted by Crippen LogP contribution is 2.43. The lowest BCUT2D eigenvalue weighted by molar-refractivity contribution is -0.136. The molecule has 3 unspecified atom stereocenters. The van der Waals surface area contributed by atoms with E-state index in [2.05, 4.69) is 38.3 Å². The van der Waals surface area contributed by atoms with Crippen molar-refractivity contribution >= 4 is 5.91 Å². The summed E-state index contributed by atoms with van der Waals surface area (Å²) in [5, 5.41) is 6.45. The summed E-state index contributed by atoms with van der Waals surface area (Å²) in [5.41, 5.74) is 0.118. The Morgan fingerprint density at radius 3 is 2.79 bits per heavy atom. The summed E-state index contributed by atoms with van der Waals surface area (Å²) in [6.07, 6.45) is 3.36. The molecule has 0 bridgehead atoms. The van der Waals surface area contributed by atoms with Crippen molar-refractivity contribution < 1.29 is 9.53 Å². The van der Waals surface area contributed by atoms with Gasteiger partial charge in [0.15, 0.2) is 0 Å². The Morgan fingerprint density at radius 1 is 1.47 bits per heavy atom. The van der Waals surface area contributed by atoms with E-state index in [9.17, 15) is 4.79 Å². The quantitative estimate of drug-likeness (QED) is 0.798. The zero-order valence-electron chi connectivity index (χ0n) is 12.7. The highest BCUT2D eigenvalue weighted by Gasteiger charge is 2.50. The van der Waals surface area contributed by atoms with E-state index < -0.39 is 0 Å². The maximum Gasteiger partial charge on any atom is 0.237 e. The van der Waals surface area contributed by atoms with E-state index in [1.807, 2.05) is 0 Å². The molecule has 0 aromatic rings. The van der Waals surface area contributed by atoms with Crippen LogP contribution in [0.15, 0.2) is 0 Å². The second kappa shape index (κ2) is 5.80. The fourth-order valence-corrected chi connectivity index (χ4v) is 2.93. The summed E-state index contributed by atoms with van der Waals surface area (Å²) in [7, 11) is 0. The molecule has 1 amide bonds. The molecule has 19 heavy (non-hydrogen) atoms. The lowest BCUT2D eigenvalue weighted by Gasteiger charge is -2.53. The molecule has 4 heteroatoms. The summed E-state index contributed by atoms with van der Waals surface area (Å²) in [6, 6.07) is 0.377. The second-order valence-electron chi connectivity index (χ2n) is 6.98. The number of hydrogen-bond donors (Lipinski definition) is 2. The van der Waals surface area contributed by atoms with E-state index in [-0.39, 0.29) is 17.4 Å². The van der Waals surface area contributed by atoms with Gasteiger partial charge in [0.2, 0.25) is 5.91 Å². The van der Waals surface area contributed by atoms with E-state index >= 15 is 0 Å². The molecule has 1 heterocycles. The first-order valence-electron chi connectivity index (χ1n) is 7.56. The number of rotatable bonds is 5. The molecule has 2 fully saturated rings. The van der Waals surface area contributed by atoms with Gasteiger partial charge in [0.25, 0.3) is 0 Å². The zero-order valence-corrected chi connectivity index (χ0v) is 12.7. The lowest BCUT2D eigenvalue weighted by atomic mass is 9.64. The molecule has 1 saturated heterocycles. The topological polar surface area (TPSA) is 50.4 Å². The summed E-state index contributed by atoms with van der Waals surface area (Å²) >= 11 is 0. The lowest BCUT2D eigenvalue weighted by Crippen LogP contribution is -2.65. The van der Waals surface area contributed by atoms with Gasteiger partial charge in [-0.05, 0) is 25.2 Å². The van der Waals surface area contributed by atoms with Gasteiger partial charge in [0.05, 0.1) is 12.1 Å². The third-order valence-electron chi connectivity index (χ3n) is 4.50. The van der Waals surface area contributed by atoms with Gasteiger partial charge >= 0.3 is 0 Å². The average Bonchev–Trinajstić information content (AvgIpc) is 2.34. The molecule has 0 aromatic heterocycles. The molecule has 110 valence electrons. The van der Waals surface area contributed by atoms with Crippen LogP contribution >= 0.6 is 0 Å². The standard InChI is InChI=1S/C15H28N2O2/c1-10(2)9-19-13-8-12(15(13,3)4)17-11-6-5-7-16-14(11)18/h10-13,17H,5-9H2,1-4H3,(H,16,18). The molecule has 1 aliphatic carbocycles. The van der Waals surface area contributed by atoms with Crippen LogP contribution in [-0.4, -0.2) is 37.2 Å². The normalized spacial score (nSPS) is 33.9. The number of hydrogen-bond acceptors (Lipinski definition) is 3. The Labute approximate surface area is 116 Å². The SMILES string of the molecule is CC(C)COC1CC(NC2CCCNC2=O)C1(C)C. The number of piperidine rings is 1. The minimum absolute atomic E-state index is 0.0101. The molecule has 0 spiro atoms. The average molecular weight is 268 g/mol. The van der Waals surface area contributed by atoms with Gasteiger partial charge in [0, 0.05) is 24.6 Å². The third-order valence-corrected chi connectivity index (χ3v) is 4.50. The Hall–Kier alpha value is -0.610. The van der Waals surface area contributed by atoms with Crippen molar-refractivity contribution in [2.45, 2.75) is 65.1 Å². The molecule has 2 N–H and O–H groups in total. The Morgan fingerprint density at radius 2 is 2.21 bits per heavy atom. The zero-order chi connectivity index (χ0) is 14.0. The smallest absolute Gasteiger partial charge is 0.237 e. The van der Waals surface area contributed by atoms with E-state index in [4.69, 9.17) is 4.74 Å². The molecule has 2 rings (SSSR count). The van der Waals surface area contributed by atoms with Crippen LogP contribution in [0.1, 0.15) is 47.0 Å². The van der Waals surface area contributed by atoms with Crippen molar-refractivity contribution in [2.24, 2.45) is 11.3 Å². The van der Waals surface area contributed by atoms with Crippen LogP contribution in [0.3, 0.4) is 0 Å². The molecule has 2 aliphatic rings. The van der Waals surface area contributed by atoms with Gasteiger partial charge in [-0.15, -0.1) is 0 Å². The largest absolute Gasteiger partial charge is 0.377 e. The molecule has 0 radical (unpaired) electrons. The van der Waals surface area contributed by atoms with Gasteiger partial charge in [-0.1, -0.05) is 27.7 Å². The maximum absolute atomic E-state index is 11.8. The van der Waals surface area contributed by atoms with E-state index in [0.29, 0.717) is 18.1 Å². The summed E-state index contributed by atoms with van der Waals surface area (Å²) in [4.78, 5) is 11.8. The molecule has 3 atom stereocenters. The molecular formula is C15H28N2O2. The first-order valence-corrected chi connectivity index (χ1v) is 7.56. The van der Waals surface area contributed by atoms with Gasteiger partial charge in [-0.25, -0.2) is 0 Å². The van der Waals surface area contributed by atoms with Crippen LogP contribution < -0.4 is 10.6 Å². The van der Waals surface area contributed by atoms with Crippen molar-refractivity contribution in [1.82, 2.24) is 10.6 Å². The second-order valence-corrected chi connectivity index (χ2v) is 6.98. The fourth-order valence-electron chi connectivity index (χ4n) is 2.93. The maximum atomic E-state index is 11.8. The van der Waals surface area contributed by atoms with Crippen LogP contribution in [0.25, 0.3) is 0 Å². The summed E-state index contributed by atoms with van der Waals surface area (Å²) in [6.45, 7) is 10.5. The number of amides is 1. The van der Waals surface area contributed by atoms with Crippen LogP contribution in [0.4, 0.5) is 0 Å². The molecule has 1 aliphatic heterocycles. The Balaban J connectivity index is 1.81. The highest BCUT2D eigenvalue weighted by atomic mass is 16.5. The van der Waals surface area contributed by atoms with Crippen LogP contribution in [-0.2, 0) is 9.53 Å². The first-order chi connectivity index (χ1) is 8.91. The predicted molar refractivity (Wildman–Crippen MR) is 75.9 cm³/mol. The minimum Gasteiger partial charge on any atom is -0.377 e. The van der Waals surface area contributed by atoms with E-state index in [0.717, 1.165) is 32.4 Å². The third kappa shape index (κ3) is 3.29. The minimum atomic E-state index is -0.0101. The van der Waals surface area contributed by atoms with Crippen LogP contribution in [0.5, 0.6) is 0 Å². The molecule has 4 nitrogen and oxygen atoms in total. The fraction of sp³-hybridized carbons (Fsp3) is 0.933. The highest BCUT2D eigenvalue weighted by molar-refractivity contribution is 5.82. The number of nitrogens with one attached hydrogen (secondary N) is 2. The Kier molecular flexibility index (Phi) is 4.51. The van der Waals surface area contributed by atoms with Gasteiger partial charge in [0.1, 0.15) is 0 Å². The Bertz CT molecular complexity index is 328. The number of carbonyl (C=O) groups is 1. The van der Waals surface area contributed by atoms with Crippen molar-refractivity contribution in [2.75, 3.05) is 13.2 Å². The first kappa shape index (κ1) is 14.8. The number of carbonyl (C=O) groups excluding carboxylic acids is 1. The van der Waals surface area contributed by atoms with E-state index in [1.54, 1.807) is 0 Å². The molecule has 0 aromatic carbocycles. The summed E-state index contributed by atoms with van der Waals surface area (Å²) < 4.78 is 5.96. The van der Waals surface area contributed by atoms with Crippen molar-refractivity contribution in [3.05, 3.63) is 0 Å². The monoisotopic (exact) mass is 268 g/mol.